The molecule has 1 aromatic heterocycles. The summed E-state index contributed by atoms with van der Waals surface area (Å²) in [4.78, 5) is 22.6. The number of hydrogen-bond donors (Lipinski definition) is 3. The maximum Gasteiger partial charge on any atom is 0.315 e. The Morgan fingerprint density at radius 1 is 1.29 bits per heavy atom. The average Bonchev–Trinajstić information content (AvgIpc) is 2.77. The zero-order chi connectivity index (χ0) is 15.8. The molecule has 0 radical (unpaired) electrons. The van der Waals surface area contributed by atoms with Crippen LogP contribution >= 0.6 is 11.3 Å². The predicted octanol–water partition coefficient (Wildman–Crippen LogP) is 2.99. The lowest BCUT2D eigenvalue weighted by atomic mass is 9.94. The lowest BCUT2D eigenvalue weighted by molar-refractivity contribution is -0.138. The first-order valence-electron chi connectivity index (χ1n) is 7.13. The minimum absolute atomic E-state index is 0.0314. The number of nitrogens with one attached hydrogen (secondary N) is 2. The Kier molecular flexibility index (Phi) is 7.22. The van der Waals surface area contributed by atoms with Crippen LogP contribution in [0.1, 0.15) is 37.8 Å². The van der Waals surface area contributed by atoms with E-state index in [1.54, 1.807) is 11.3 Å². The number of rotatable bonds is 8. The number of thiophene rings is 1. The number of hydrogen-bond acceptors (Lipinski definition) is 3. The Labute approximate surface area is 129 Å². The molecular formula is C15H24N2O3S. The van der Waals surface area contributed by atoms with Gasteiger partial charge in [0.1, 0.15) is 0 Å². The number of carboxylic acid groups (broad SMARTS) is 1. The molecule has 21 heavy (non-hydrogen) atoms. The predicted molar refractivity (Wildman–Crippen MR) is 84.5 cm³/mol. The van der Waals surface area contributed by atoms with Crippen LogP contribution in [0.25, 0.3) is 0 Å². The number of carbonyl (C=O) groups excluding carboxylic acids is 1. The van der Waals surface area contributed by atoms with Crippen molar-refractivity contribution in [2.45, 2.75) is 40.2 Å². The Balaban J connectivity index is 2.35. The number of amides is 2. The molecule has 2 amide bonds. The van der Waals surface area contributed by atoms with Crippen LogP contribution in [0.3, 0.4) is 0 Å². The van der Waals surface area contributed by atoms with E-state index in [-0.39, 0.29) is 18.4 Å². The van der Waals surface area contributed by atoms with Gasteiger partial charge in [-0.1, -0.05) is 13.8 Å². The highest BCUT2D eigenvalue weighted by molar-refractivity contribution is 7.08. The van der Waals surface area contributed by atoms with Gasteiger partial charge in [-0.2, -0.15) is 11.3 Å². The molecule has 0 fully saturated rings. The second-order valence-electron chi connectivity index (χ2n) is 5.74. The molecular weight excluding hydrogens is 288 g/mol. The van der Waals surface area contributed by atoms with Crippen molar-refractivity contribution in [3.63, 3.8) is 0 Å². The van der Waals surface area contributed by atoms with Crippen LogP contribution in [0.2, 0.25) is 0 Å². The Hall–Kier alpha value is -1.56. The number of aryl methyl sites for hydroxylation is 1. The van der Waals surface area contributed by atoms with Gasteiger partial charge in [0.25, 0.3) is 0 Å². The highest BCUT2D eigenvalue weighted by Gasteiger charge is 2.16. The number of urea groups is 1. The van der Waals surface area contributed by atoms with Crippen molar-refractivity contribution < 1.29 is 14.7 Å². The molecule has 1 aromatic rings. The van der Waals surface area contributed by atoms with Crippen molar-refractivity contribution in [3.05, 3.63) is 21.9 Å². The van der Waals surface area contributed by atoms with Crippen molar-refractivity contribution in [1.29, 1.82) is 0 Å². The van der Waals surface area contributed by atoms with Crippen LogP contribution < -0.4 is 10.6 Å². The molecule has 0 saturated heterocycles. The molecule has 1 atom stereocenters. The van der Waals surface area contributed by atoms with E-state index >= 15 is 0 Å². The lowest BCUT2D eigenvalue weighted by Gasteiger charge is -2.18. The van der Waals surface area contributed by atoms with E-state index in [0.717, 1.165) is 12.0 Å². The van der Waals surface area contributed by atoms with E-state index in [0.29, 0.717) is 19.0 Å². The molecule has 0 aliphatic heterocycles. The van der Waals surface area contributed by atoms with Crippen LogP contribution in [-0.2, 0) is 11.3 Å². The number of carbonyl (C=O) groups is 2. The van der Waals surface area contributed by atoms with Crippen molar-refractivity contribution in [1.82, 2.24) is 10.6 Å². The maximum absolute atomic E-state index is 11.8. The fourth-order valence-corrected chi connectivity index (χ4v) is 3.05. The van der Waals surface area contributed by atoms with Crippen molar-refractivity contribution in [3.8, 4) is 0 Å². The monoisotopic (exact) mass is 312 g/mol. The quantitative estimate of drug-likeness (QED) is 0.690. The van der Waals surface area contributed by atoms with Gasteiger partial charge in [0, 0.05) is 19.5 Å². The molecule has 0 aromatic carbocycles. The minimum atomic E-state index is -0.822. The zero-order valence-corrected chi connectivity index (χ0v) is 13.6. The Morgan fingerprint density at radius 2 is 2.00 bits per heavy atom. The van der Waals surface area contributed by atoms with Crippen LogP contribution in [0.15, 0.2) is 10.8 Å². The van der Waals surface area contributed by atoms with Crippen molar-refractivity contribution in [2.24, 2.45) is 11.8 Å². The van der Waals surface area contributed by atoms with Gasteiger partial charge >= 0.3 is 12.0 Å². The SMILES string of the molecule is Cc1cscc1CNC(=O)NCC(CC(=O)O)CC(C)C. The zero-order valence-electron chi connectivity index (χ0n) is 12.8. The number of carboxylic acids is 1. The molecule has 1 unspecified atom stereocenters. The molecule has 1 rings (SSSR count). The summed E-state index contributed by atoms with van der Waals surface area (Å²) < 4.78 is 0. The van der Waals surface area contributed by atoms with Gasteiger partial charge in [0.05, 0.1) is 0 Å². The summed E-state index contributed by atoms with van der Waals surface area (Å²) >= 11 is 1.61. The molecule has 0 spiro atoms. The molecule has 5 nitrogen and oxygen atoms in total. The topological polar surface area (TPSA) is 78.4 Å². The van der Waals surface area contributed by atoms with Gasteiger partial charge in [0.15, 0.2) is 0 Å². The summed E-state index contributed by atoms with van der Waals surface area (Å²) in [6.45, 7) is 6.99. The average molecular weight is 312 g/mol. The van der Waals surface area contributed by atoms with Gasteiger partial charge < -0.3 is 15.7 Å². The molecule has 0 saturated carbocycles. The van der Waals surface area contributed by atoms with Gasteiger partial charge in [-0.25, -0.2) is 4.79 Å². The first kappa shape index (κ1) is 17.5. The van der Waals surface area contributed by atoms with E-state index in [1.165, 1.54) is 5.56 Å². The summed E-state index contributed by atoms with van der Waals surface area (Å²) in [6, 6.07) is -0.250. The molecule has 118 valence electrons. The van der Waals surface area contributed by atoms with Crippen LogP contribution in [-0.4, -0.2) is 23.7 Å². The summed E-state index contributed by atoms with van der Waals surface area (Å²) in [5, 5.41) is 18.5. The van der Waals surface area contributed by atoms with Crippen LogP contribution in [0.5, 0.6) is 0 Å². The van der Waals surface area contributed by atoms with Gasteiger partial charge in [-0.15, -0.1) is 0 Å². The van der Waals surface area contributed by atoms with E-state index in [1.807, 2.05) is 31.5 Å². The largest absolute Gasteiger partial charge is 0.481 e. The normalized spacial score (nSPS) is 12.2. The number of aliphatic carboxylic acids is 1. The van der Waals surface area contributed by atoms with Gasteiger partial charge in [-0.3, -0.25) is 4.79 Å². The van der Waals surface area contributed by atoms with Crippen molar-refractivity contribution >= 4 is 23.3 Å². The molecule has 0 aliphatic rings. The highest BCUT2D eigenvalue weighted by Crippen LogP contribution is 2.15. The smallest absolute Gasteiger partial charge is 0.315 e. The molecule has 0 bridgehead atoms. The van der Waals surface area contributed by atoms with Crippen molar-refractivity contribution in [2.75, 3.05) is 6.54 Å². The van der Waals surface area contributed by atoms with Crippen LogP contribution in [0, 0.1) is 18.8 Å². The van der Waals surface area contributed by atoms with Gasteiger partial charge in [-0.05, 0) is 47.1 Å². The summed E-state index contributed by atoms with van der Waals surface area (Å²) in [5.74, 6) is -0.444. The van der Waals surface area contributed by atoms with E-state index in [2.05, 4.69) is 10.6 Å². The summed E-state index contributed by atoms with van der Waals surface area (Å²) in [7, 11) is 0. The Morgan fingerprint density at radius 3 is 2.52 bits per heavy atom. The van der Waals surface area contributed by atoms with E-state index in [9.17, 15) is 9.59 Å². The second kappa shape index (κ2) is 8.67. The molecule has 3 N–H and O–H groups in total. The van der Waals surface area contributed by atoms with Gasteiger partial charge in [0.2, 0.25) is 0 Å². The third-order valence-corrected chi connectivity index (χ3v) is 4.13. The molecule has 6 heteroatoms. The fraction of sp³-hybridized carbons (Fsp3) is 0.600. The molecule has 0 aliphatic carbocycles. The fourth-order valence-electron chi connectivity index (χ4n) is 2.20. The standard InChI is InChI=1S/C15H24N2O3S/c1-10(2)4-12(5-14(18)19)6-16-15(20)17-7-13-9-21-8-11(13)3/h8-10,12H,4-7H2,1-3H3,(H,18,19)(H2,16,17,20). The third-order valence-electron chi connectivity index (χ3n) is 3.22. The lowest BCUT2D eigenvalue weighted by Crippen LogP contribution is -2.38. The maximum atomic E-state index is 11.8. The summed E-state index contributed by atoms with van der Waals surface area (Å²) in [6.07, 6.45) is 0.873. The summed E-state index contributed by atoms with van der Waals surface area (Å²) in [5.41, 5.74) is 2.28. The first-order chi connectivity index (χ1) is 9.88. The minimum Gasteiger partial charge on any atom is -0.481 e. The van der Waals surface area contributed by atoms with Crippen LogP contribution in [0.4, 0.5) is 4.79 Å². The third kappa shape index (κ3) is 7.13. The molecule has 1 heterocycles. The van der Waals surface area contributed by atoms with E-state index in [4.69, 9.17) is 5.11 Å². The Bertz CT molecular complexity index is 471. The van der Waals surface area contributed by atoms with E-state index < -0.39 is 5.97 Å². The highest BCUT2D eigenvalue weighted by atomic mass is 32.1. The second-order valence-corrected chi connectivity index (χ2v) is 6.48. The first-order valence-corrected chi connectivity index (χ1v) is 8.08.